The molecule has 0 saturated carbocycles. The summed E-state index contributed by atoms with van der Waals surface area (Å²) in [4.78, 5) is 0. The van der Waals surface area contributed by atoms with Gasteiger partial charge in [-0.05, 0) is 53.6 Å². The van der Waals surface area contributed by atoms with Gasteiger partial charge in [0.05, 0.1) is 6.42 Å². The topological polar surface area (TPSA) is 9.23 Å². The van der Waals surface area contributed by atoms with Crippen molar-refractivity contribution in [2.45, 2.75) is 51.6 Å². The first-order valence-corrected chi connectivity index (χ1v) is 8.36. The molecule has 3 rings (SSSR count). The van der Waals surface area contributed by atoms with Gasteiger partial charge in [0, 0.05) is 0 Å². The van der Waals surface area contributed by atoms with E-state index in [1.165, 1.54) is 24.8 Å². The molecule has 1 aliphatic heterocycles. The molecular weight excluding hydrogens is 294 g/mol. The molecule has 0 aliphatic carbocycles. The number of fused-ring (bicyclic) bond motifs is 1. The van der Waals surface area contributed by atoms with Crippen LogP contribution in [0.5, 0.6) is 5.75 Å². The molecule has 2 aromatic rings. The van der Waals surface area contributed by atoms with Crippen molar-refractivity contribution in [1.29, 1.82) is 0 Å². The van der Waals surface area contributed by atoms with Crippen molar-refractivity contribution < 1.29 is 13.5 Å². The van der Waals surface area contributed by atoms with E-state index in [0.717, 1.165) is 23.1 Å². The first-order chi connectivity index (χ1) is 11.1. The minimum atomic E-state index is -3.03. The number of hydrogen-bond donors (Lipinski definition) is 0. The van der Waals surface area contributed by atoms with Crippen LogP contribution in [0.4, 0.5) is 8.78 Å². The average Bonchev–Trinajstić information content (AvgIpc) is 2.55. The average molecular weight is 316 g/mol. The van der Waals surface area contributed by atoms with Crippen molar-refractivity contribution in [3.05, 3.63) is 53.6 Å². The summed E-state index contributed by atoms with van der Waals surface area (Å²) < 4.78 is 31.3. The van der Waals surface area contributed by atoms with Gasteiger partial charge in [-0.1, -0.05) is 50.1 Å². The maximum atomic E-state index is 13.3. The number of hydrogen-bond acceptors (Lipinski definition) is 1. The van der Waals surface area contributed by atoms with E-state index in [4.69, 9.17) is 4.74 Å². The summed E-state index contributed by atoms with van der Waals surface area (Å²) in [5.74, 6) is 0.307. The fourth-order valence-electron chi connectivity index (χ4n) is 2.99. The van der Waals surface area contributed by atoms with Crippen molar-refractivity contribution in [2.75, 3.05) is 0 Å². The Labute approximate surface area is 136 Å². The number of halogens is 2. The van der Waals surface area contributed by atoms with Gasteiger partial charge in [0.1, 0.15) is 5.75 Å². The Balaban J connectivity index is 1.75. The largest absolute Gasteiger partial charge is 0.432 e. The van der Waals surface area contributed by atoms with E-state index in [1.807, 2.05) is 12.1 Å². The van der Waals surface area contributed by atoms with E-state index in [0.29, 0.717) is 12.2 Å². The zero-order valence-electron chi connectivity index (χ0n) is 13.4. The molecule has 0 aromatic heterocycles. The molecule has 122 valence electrons. The third-order valence-corrected chi connectivity index (χ3v) is 4.36. The molecule has 0 radical (unpaired) electrons. The molecule has 3 heteroatoms. The van der Waals surface area contributed by atoms with Crippen molar-refractivity contribution in [3.8, 4) is 16.9 Å². The number of benzene rings is 2. The number of alkyl halides is 2. The predicted molar refractivity (Wildman–Crippen MR) is 89.0 cm³/mol. The van der Waals surface area contributed by atoms with Gasteiger partial charge in [0.15, 0.2) is 0 Å². The highest BCUT2D eigenvalue weighted by atomic mass is 19.3. The van der Waals surface area contributed by atoms with Crippen LogP contribution in [0.1, 0.15) is 43.7 Å². The molecule has 0 unspecified atom stereocenters. The third kappa shape index (κ3) is 3.90. The van der Waals surface area contributed by atoms with E-state index in [2.05, 4.69) is 31.2 Å². The number of unbranched alkanes of at least 4 members (excludes halogenated alkanes) is 2. The van der Waals surface area contributed by atoms with E-state index in [-0.39, 0.29) is 6.42 Å². The lowest BCUT2D eigenvalue weighted by molar-refractivity contribution is -0.187. The normalized spacial score (nSPS) is 15.8. The Morgan fingerprint density at radius 2 is 1.74 bits per heavy atom. The van der Waals surface area contributed by atoms with Crippen LogP contribution >= 0.6 is 0 Å². The summed E-state index contributed by atoms with van der Waals surface area (Å²) in [5, 5.41) is 0. The van der Waals surface area contributed by atoms with Gasteiger partial charge in [-0.25, -0.2) is 0 Å². The molecule has 0 fully saturated rings. The molecule has 1 nitrogen and oxygen atoms in total. The molecule has 0 N–H and O–H groups in total. The van der Waals surface area contributed by atoms with Crippen LogP contribution < -0.4 is 4.74 Å². The van der Waals surface area contributed by atoms with Crippen LogP contribution in [0.15, 0.2) is 42.5 Å². The second-order valence-electron chi connectivity index (χ2n) is 6.22. The molecule has 0 amide bonds. The minimum absolute atomic E-state index is 0.250. The van der Waals surface area contributed by atoms with Crippen molar-refractivity contribution in [1.82, 2.24) is 0 Å². The molecule has 1 heterocycles. The van der Waals surface area contributed by atoms with E-state index < -0.39 is 6.11 Å². The second-order valence-corrected chi connectivity index (χ2v) is 6.22. The van der Waals surface area contributed by atoms with Gasteiger partial charge in [0.25, 0.3) is 0 Å². The summed E-state index contributed by atoms with van der Waals surface area (Å²) in [6, 6.07) is 14.0. The van der Waals surface area contributed by atoms with Crippen LogP contribution in [-0.2, 0) is 12.8 Å². The van der Waals surface area contributed by atoms with E-state index in [1.54, 1.807) is 6.07 Å². The van der Waals surface area contributed by atoms with E-state index in [9.17, 15) is 8.78 Å². The van der Waals surface area contributed by atoms with Gasteiger partial charge >= 0.3 is 6.11 Å². The van der Waals surface area contributed by atoms with E-state index >= 15 is 0 Å². The molecule has 2 aromatic carbocycles. The summed E-state index contributed by atoms with van der Waals surface area (Å²) in [5.41, 5.74) is 4.38. The summed E-state index contributed by atoms with van der Waals surface area (Å²) in [6.07, 6.45) is 1.90. The minimum Gasteiger partial charge on any atom is -0.432 e. The van der Waals surface area contributed by atoms with Crippen LogP contribution in [0.25, 0.3) is 11.1 Å². The molecule has 0 spiro atoms. The SMILES string of the molecule is CCCCCc1ccc(-c2ccc3c(c2)CCC(F)(F)O3)cc1. The quantitative estimate of drug-likeness (QED) is 0.614. The number of aryl methyl sites for hydroxylation is 2. The Kier molecular flexibility index (Phi) is 4.65. The maximum absolute atomic E-state index is 13.3. The lowest BCUT2D eigenvalue weighted by Crippen LogP contribution is -2.29. The monoisotopic (exact) mass is 316 g/mol. The first-order valence-electron chi connectivity index (χ1n) is 8.36. The van der Waals surface area contributed by atoms with Crippen molar-refractivity contribution in [3.63, 3.8) is 0 Å². The fraction of sp³-hybridized carbons (Fsp3) is 0.400. The highest BCUT2D eigenvalue weighted by Crippen LogP contribution is 2.37. The lowest BCUT2D eigenvalue weighted by Gasteiger charge is -2.25. The van der Waals surface area contributed by atoms with Crippen LogP contribution in [0.3, 0.4) is 0 Å². The van der Waals surface area contributed by atoms with Gasteiger partial charge in [0.2, 0.25) is 0 Å². The Bertz CT molecular complexity index is 662. The van der Waals surface area contributed by atoms with Gasteiger partial charge in [-0.2, -0.15) is 8.78 Å². The molecule has 0 bridgehead atoms. The van der Waals surface area contributed by atoms with Gasteiger partial charge < -0.3 is 4.74 Å². The third-order valence-electron chi connectivity index (χ3n) is 4.36. The van der Waals surface area contributed by atoms with Crippen molar-refractivity contribution in [2.24, 2.45) is 0 Å². The Hall–Kier alpha value is -1.90. The number of ether oxygens (including phenoxy) is 1. The van der Waals surface area contributed by atoms with Gasteiger partial charge in [-0.15, -0.1) is 0 Å². The molecule has 1 aliphatic rings. The maximum Gasteiger partial charge on any atom is 0.398 e. The summed E-state index contributed by atoms with van der Waals surface area (Å²) in [7, 11) is 0. The van der Waals surface area contributed by atoms with Gasteiger partial charge in [-0.3, -0.25) is 0 Å². The zero-order valence-corrected chi connectivity index (χ0v) is 13.4. The Morgan fingerprint density at radius 1 is 1.00 bits per heavy atom. The highest BCUT2D eigenvalue weighted by Gasteiger charge is 2.35. The lowest BCUT2D eigenvalue weighted by atomic mass is 9.97. The van der Waals surface area contributed by atoms with Crippen LogP contribution in [-0.4, -0.2) is 6.11 Å². The van der Waals surface area contributed by atoms with Crippen LogP contribution in [0, 0.1) is 0 Å². The zero-order chi connectivity index (χ0) is 16.3. The second kappa shape index (κ2) is 6.69. The smallest absolute Gasteiger partial charge is 0.398 e. The summed E-state index contributed by atoms with van der Waals surface area (Å²) >= 11 is 0. The Morgan fingerprint density at radius 3 is 2.48 bits per heavy atom. The molecule has 0 saturated heterocycles. The fourth-order valence-corrected chi connectivity index (χ4v) is 2.99. The van der Waals surface area contributed by atoms with Crippen molar-refractivity contribution >= 4 is 0 Å². The highest BCUT2D eigenvalue weighted by molar-refractivity contribution is 5.66. The number of rotatable bonds is 5. The molecule has 0 atom stereocenters. The summed E-state index contributed by atoms with van der Waals surface area (Å²) in [6.45, 7) is 2.21. The van der Waals surface area contributed by atoms with Crippen LogP contribution in [0.2, 0.25) is 0 Å². The standard InChI is InChI=1S/C20H22F2O/c1-2-3-4-5-15-6-8-16(9-7-15)17-10-11-19-18(14-17)12-13-20(21,22)23-19/h6-11,14H,2-5,12-13H2,1H3. The first kappa shape index (κ1) is 16.0. The predicted octanol–water partition coefficient (Wildman–Crippen LogP) is 6.00. The molecular formula is C20H22F2O. The molecule has 23 heavy (non-hydrogen) atoms.